The highest BCUT2D eigenvalue weighted by Gasteiger charge is 2.27. The first-order valence-corrected chi connectivity index (χ1v) is 22.8. The second-order valence-electron chi connectivity index (χ2n) is 15.6. The Morgan fingerprint density at radius 2 is 1.22 bits per heavy atom. The van der Waals surface area contributed by atoms with E-state index in [1.54, 1.807) is 12.2 Å². The van der Waals surface area contributed by atoms with E-state index in [-0.39, 0.29) is 18.9 Å². The van der Waals surface area contributed by atoms with Gasteiger partial charge in [-0.2, -0.15) is 0 Å². The van der Waals surface area contributed by atoms with E-state index in [1.165, 1.54) is 83.5 Å². The molecule has 0 rings (SSSR count). The van der Waals surface area contributed by atoms with Gasteiger partial charge in [-0.3, -0.25) is 13.8 Å². The molecule has 0 bridgehead atoms. The number of phosphoric ester groups is 1. The Kier molecular flexibility index (Phi) is 34.4. The van der Waals surface area contributed by atoms with Crippen molar-refractivity contribution in [2.75, 3.05) is 40.9 Å². The molecular weight excluding hydrogens is 699 g/mol. The van der Waals surface area contributed by atoms with Crippen molar-refractivity contribution >= 4 is 13.7 Å². The predicted molar refractivity (Wildman–Crippen MR) is 227 cm³/mol. The zero-order valence-electron chi connectivity index (χ0n) is 35.1. The van der Waals surface area contributed by atoms with E-state index < -0.39 is 32.7 Å². The van der Waals surface area contributed by atoms with Gasteiger partial charge in [-0.15, -0.1) is 0 Å². The molecule has 10 heteroatoms. The number of aliphatic hydroxyl groups excluding tert-OH is 2. The number of aliphatic hydroxyl groups is 2. The number of amides is 1. The molecular formula is C44H82N2O7P+. The van der Waals surface area contributed by atoms with Crippen LogP contribution in [0.4, 0.5) is 0 Å². The lowest BCUT2D eigenvalue weighted by molar-refractivity contribution is -0.870. The highest BCUT2D eigenvalue weighted by molar-refractivity contribution is 7.47. The number of quaternary nitrogens is 1. The van der Waals surface area contributed by atoms with Gasteiger partial charge in [0.2, 0.25) is 5.91 Å². The molecule has 0 aromatic heterocycles. The number of allylic oxidation sites excluding steroid dienone is 8. The number of unbranched alkanes of at least 4 members (excludes halogenated alkanes) is 15. The summed E-state index contributed by atoms with van der Waals surface area (Å²) in [5.74, 6) is -0.339. The van der Waals surface area contributed by atoms with Gasteiger partial charge in [0, 0.05) is 6.42 Å². The first-order valence-electron chi connectivity index (χ1n) is 21.3. The Labute approximate surface area is 331 Å². The topological polar surface area (TPSA) is 125 Å². The van der Waals surface area contributed by atoms with E-state index >= 15 is 0 Å². The molecule has 1 amide bonds. The third-order valence-corrected chi connectivity index (χ3v) is 10.1. The van der Waals surface area contributed by atoms with E-state index in [2.05, 4.69) is 43.5 Å². The van der Waals surface area contributed by atoms with Gasteiger partial charge in [-0.05, 0) is 51.4 Å². The first-order chi connectivity index (χ1) is 25.9. The second-order valence-corrected chi connectivity index (χ2v) is 17.0. The van der Waals surface area contributed by atoms with Crippen LogP contribution in [0.15, 0.2) is 60.8 Å². The van der Waals surface area contributed by atoms with Crippen molar-refractivity contribution < 1.29 is 38.0 Å². The molecule has 54 heavy (non-hydrogen) atoms. The van der Waals surface area contributed by atoms with Crippen molar-refractivity contribution in [2.45, 2.75) is 173 Å². The number of carbonyl (C=O) groups excluding carboxylic acids is 1. The van der Waals surface area contributed by atoms with Crippen LogP contribution < -0.4 is 5.32 Å². The van der Waals surface area contributed by atoms with Crippen molar-refractivity contribution in [3.8, 4) is 0 Å². The molecule has 4 atom stereocenters. The van der Waals surface area contributed by atoms with Gasteiger partial charge in [-0.1, -0.05) is 158 Å². The maximum absolute atomic E-state index is 12.8. The fourth-order valence-electron chi connectivity index (χ4n) is 5.61. The Morgan fingerprint density at radius 3 is 1.85 bits per heavy atom. The molecule has 0 spiro atoms. The Hall–Kier alpha value is -1.84. The van der Waals surface area contributed by atoms with Crippen molar-refractivity contribution in [3.63, 3.8) is 0 Å². The van der Waals surface area contributed by atoms with Crippen LogP contribution in [0.3, 0.4) is 0 Å². The molecule has 0 aromatic carbocycles. The monoisotopic (exact) mass is 782 g/mol. The van der Waals surface area contributed by atoms with E-state index in [9.17, 15) is 24.5 Å². The van der Waals surface area contributed by atoms with Gasteiger partial charge in [0.1, 0.15) is 13.2 Å². The fraction of sp³-hybridized carbons (Fsp3) is 0.750. The van der Waals surface area contributed by atoms with Crippen LogP contribution in [0, 0.1) is 0 Å². The maximum Gasteiger partial charge on any atom is 0.472 e. The third kappa shape index (κ3) is 37.1. The minimum Gasteiger partial charge on any atom is -0.389 e. The van der Waals surface area contributed by atoms with Gasteiger partial charge in [0.15, 0.2) is 0 Å². The molecule has 0 saturated carbocycles. The van der Waals surface area contributed by atoms with Crippen LogP contribution in [0.5, 0.6) is 0 Å². The lowest BCUT2D eigenvalue weighted by Crippen LogP contribution is -2.45. The van der Waals surface area contributed by atoms with E-state index in [0.29, 0.717) is 23.9 Å². The molecule has 0 fully saturated rings. The molecule has 0 saturated heterocycles. The number of nitrogens with zero attached hydrogens (tertiary/aromatic N) is 1. The smallest absolute Gasteiger partial charge is 0.389 e. The van der Waals surface area contributed by atoms with Crippen LogP contribution in [-0.4, -0.2) is 84.6 Å². The lowest BCUT2D eigenvalue weighted by Gasteiger charge is -2.25. The molecule has 0 aliphatic carbocycles. The van der Waals surface area contributed by atoms with Gasteiger partial charge in [0.25, 0.3) is 0 Å². The van der Waals surface area contributed by atoms with Crippen LogP contribution in [0.1, 0.15) is 155 Å². The average molecular weight is 782 g/mol. The molecule has 4 N–H and O–H groups in total. The van der Waals surface area contributed by atoms with E-state index in [4.69, 9.17) is 9.05 Å². The van der Waals surface area contributed by atoms with Crippen molar-refractivity contribution in [2.24, 2.45) is 0 Å². The minimum absolute atomic E-state index is 0.0243. The molecule has 9 nitrogen and oxygen atoms in total. The summed E-state index contributed by atoms with van der Waals surface area (Å²) in [6, 6.07) is -0.941. The van der Waals surface area contributed by atoms with Gasteiger partial charge in [-0.25, -0.2) is 4.57 Å². The lowest BCUT2D eigenvalue weighted by atomic mass is 10.0. The molecule has 1 unspecified atom stereocenters. The van der Waals surface area contributed by atoms with E-state index in [1.807, 2.05) is 45.4 Å². The van der Waals surface area contributed by atoms with Gasteiger partial charge < -0.3 is 24.9 Å². The maximum atomic E-state index is 12.8. The SMILES string of the molecule is CCCCC/C=C\C/C=C\C/C=C\C=C\[C@H](O)CCCC(=O)N[C@@H](COP(=O)(O)OCC[N+](C)(C)C)[C@H](O)/C=C/CCCCCCCCCCCCCC. The van der Waals surface area contributed by atoms with Crippen molar-refractivity contribution in [1.82, 2.24) is 5.32 Å². The number of hydrogen-bond donors (Lipinski definition) is 4. The summed E-state index contributed by atoms with van der Waals surface area (Å²) >= 11 is 0. The standard InChI is InChI=1S/C44H81N2O7P/c1-6-8-10-12-14-16-18-20-22-24-26-28-30-32-36-43(48)42(40-53-54(50,51)52-39-38-46(3,4)5)45-44(49)37-33-35-41(47)34-31-29-27-25-23-21-19-17-15-13-11-9-7-2/h15,17,21,23,27,29,31-32,34,36,41-43,47-48H,6-14,16,18-20,22,24-26,28,30,33,35,37-40H2,1-5H3,(H-,45,49,50,51)/p+1/b17-15-,23-21-,29-27-,34-31+,36-32+/t41-,42-,43+/m0/s1. The van der Waals surface area contributed by atoms with Crippen molar-refractivity contribution in [1.29, 1.82) is 0 Å². The number of hydrogen-bond acceptors (Lipinski definition) is 6. The molecule has 0 aliphatic heterocycles. The fourth-order valence-corrected chi connectivity index (χ4v) is 6.35. The summed E-state index contributed by atoms with van der Waals surface area (Å²) in [6.07, 6.45) is 41.7. The van der Waals surface area contributed by atoms with Gasteiger partial charge in [0.05, 0.1) is 46.0 Å². The average Bonchev–Trinajstić information content (AvgIpc) is 3.11. The minimum atomic E-state index is -4.39. The van der Waals surface area contributed by atoms with E-state index in [0.717, 1.165) is 38.5 Å². The summed E-state index contributed by atoms with van der Waals surface area (Å²) in [5, 5.41) is 24.0. The van der Waals surface area contributed by atoms with Gasteiger partial charge >= 0.3 is 7.82 Å². The zero-order chi connectivity index (χ0) is 40.2. The summed E-state index contributed by atoms with van der Waals surface area (Å²) in [5.41, 5.74) is 0. The third-order valence-electron chi connectivity index (χ3n) is 9.09. The molecule has 0 radical (unpaired) electrons. The summed E-state index contributed by atoms with van der Waals surface area (Å²) in [7, 11) is 1.44. The molecule has 0 aliphatic rings. The number of likely N-dealkylation sites (N-methyl/N-ethyl adjacent to an activating group) is 1. The number of phosphoric acid groups is 1. The normalized spacial score (nSPS) is 15.6. The van der Waals surface area contributed by atoms with Crippen LogP contribution in [0.2, 0.25) is 0 Å². The molecule has 0 heterocycles. The first kappa shape index (κ1) is 52.2. The highest BCUT2D eigenvalue weighted by atomic mass is 31.2. The number of rotatable bonds is 37. The van der Waals surface area contributed by atoms with Crippen LogP contribution in [0.25, 0.3) is 0 Å². The largest absolute Gasteiger partial charge is 0.472 e. The Morgan fingerprint density at radius 1 is 0.685 bits per heavy atom. The van der Waals surface area contributed by atoms with Crippen LogP contribution >= 0.6 is 7.82 Å². The summed E-state index contributed by atoms with van der Waals surface area (Å²) < 4.78 is 23.4. The molecule has 314 valence electrons. The summed E-state index contributed by atoms with van der Waals surface area (Å²) in [6.45, 7) is 4.60. The Bertz CT molecular complexity index is 1080. The highest BCUT2D eigenvalue weighted by Crippen LogP contribution is 2.43. The summed E-state index contributed by atoms with van der Waals surface area (Å²) in [4.78, 5) is 23.1. The zero-order valence-corrected chi connectivity index (χ0v) is 35.9. The van der Waals surface area contributed by atoms with Crippen molar-refractivity contribution in [3.05, 3.63) is 60.8 Å². The predicted octanol–water partition coefficient (Wildman–Crippen LogP) is 10.4. The number of carbonyl (C=O) groups is 1. The van der Waals surface area contributed by atoms with Crippen LogP contribution in [-0.2, 0) is 18.4 Å². The molecule has 0 aromatic rings. The second kappa shape index (κ2) is 35.6. The number of nitrogens with one attached hydrogen (secondary N) is 1. The Balaban J connectivity index is 4.70. The quantitative estimate of drug-likeness (QED) is 0.0163.